The summed E-state index contributed by atoms with van der Waals surface area (Å²) in [5, 5.41) is 3.13. The van der Waals surface area contributed by atoms with E-state index in [0.717, 1.165) is 10.5 Å². The van der Waals surface area contributed by atoms with E-state index < -0.39 is 17.8 Å². The Kier molecular flexibility index (Phi) is 5.20. The summed E-state index contributed by atoms with van der Waals surface area (Å²) in [7, 11) is 0. The molecule has 8 heteroatoms. The van der Waals surface area contributed by atoms with E-state index >= 15 is 0 Å². The van der Waals surface area contributed by atoms with Gasteiger partial charge in [0.25, 0.3) is 11.8 Å². The van der Waals surface area contributed by atoms with E-state index in [1.54, 1.807) is 55.5 Å². The lowest BCUT2D eigenvalue weighted by molar-refractivity contribution is -0.122. The van der Waals surface area contributed by atoms with Gasteiger partial charge in [-0.1, -0.05) is 41.4 Å². The van der Waals surface area contributed by atoms with Gasteiger partial charge in [-0.25, -0.2) is 9.69 Å². The van der Waals surface area contributed by atoms with Crippen molar-refractivity contribution in [3.63, 3.8) is 0 Å². The fraction of sp³-hybridized carbons (Fsp3) is 0.0455. The number of carbonyl (C=O) groups is 3. The maximum atomic E-state index is 13.0. The minimum absolute atomic E-state index is 0.235. The number of nitrogens with zero attached hydrogens (tertiary/aromatic N) is 1. The van der Waals surface area contributed by atoms with Crippen LogP contribution in [0.1, 0.15) is 11.3 Å². The van der Waals surface area contributed by atoms with E-state index in [1.165, 1.54) is 6.08 Å². The maximum Gasteiger partial charge on any atom is 0.335 e. The van der Waals surface area contributed by atoms with Crippen molar-refractivity contribution in [1.29, 1.82) is 0 Å². The number of nitrogens with one attached hydrogen (secondary N) is 1. The SMILES string of the molecule is Cc1c(Cl)cccc1N1C(=O)NC(=O)/C(=C\c2ccc(-c3cccc(Cl)c3)o2)C1=O. The van der Waals surface area contributed by atoms with Gasteiger partial charge in [-0.2, -0.15) is 0 Å². The number of furan rings is 1. The van der Waals surface area contributed by atoms with Crippen molar-refractivity contribution < 1.29 is 18.8 Å². The van der Waals surface area contributed by atoms with Gasteiger partial charge in [-0.15, -0.1) is 0 Å². The smallest absolute Gasteiger partial charge is 0.335 e. The van der Waals surface area contributed by atoms with E-state index in [-0.39, 0.29) is 11.3 Å². The van der Waals surface area contributed by atoms with E-state index in [1.807, 2.05) is 6.07 Å². The molecule has 1 aromatic heterocycles. The Bertz CT molecular complexity index is 1230. The third kappa shape index (κ3) is 3.63. The number of hydrogen-bond donors (Lipinski definition) is 1. The van der Waals surface area contributed by atoms with Crippen molar-refractivity contribution in [3.8, 4) is 11.3 Å². The number of urea groups is 1. The van der Waals surface area contributed by atoms with Gasteiger partial charge in [0.05, 0.1) is 5.69 Å². The fourth-order valence-electron chi connectivity index (χ4n) is 3.08. The van der Waals surface area contributed by atoms with Crippen molar-refractivity contribution >= 4 is 52.8 Å². The molecule has 1 N–H and O–H groups in total. The second-order valence-electron chi connectivity index (χ2n) is 6.55. The van der Waals surface area contributed by atoms with Crippen LogP contribution in [-0.2, 0) is 9.59 Å². The highest BCUT2D eigenvalue weighted by atomic mass is 35.5. The zero-order valence-corrected chi connectivity index (χ0v) is 17.1. The van der Waals surface area contributed by atoms with Gasteiger partial charge in [0, 0.05) is 15.6 Å². The lowest BCUT2D eigenvalue weighted by Crippen LogP contribution is -2.54. The summed E-state index contributed by atoms with van der Waals surface area (Å²) in [5.74, 6) is -0.774. The minimum Gasteiger partial charge on any atom is -0.457 e. The second-order valence-corrected chi connectivity index (χ2v) is 7.40. The molecule has 0 spiro atoms. The summed E-state index contributed by atoms with van der Waals surface area (Å²) in [6, 6.07) is 14.4. The molecule has 30 heavy (non-hydrogen) atoms. The van der Waals surface area contributed by atoms with Crippen LogP contribution < -0.4 is 10.2 Å². The molecule has 0 bridgehead atoms. The lowest BCUT2D eigenvalue weighted by Gasteiger charge is -2.27. The van der Waals surface area contributed by atoms with Crippen LogP contribution in [0.3, 0.4) is 0 Å². The average Bonchev–Trinajstić information content (AvgIpc) is 3.17. The summed E-state index contributed by atoms with van der Waals surface area (Å²) in [4.78, 5) is 38.6. The van der Waals surface area contributed by atoms with Crippen molar-refractivity contribution in [2.45, 2.75) is 6.92 Å². The first-order chi connectivity index (χ1) is 14.3. The number of rotatable bonds is 3. The fourth-order valence-corrected chi connectivity index (χ4v) is 3.44. The summed E-state index contributed by atoms with van der Waals surface area (Å²) < 4.78 is 5.74. The predicted molar refractivity (Wildman–Crippen MR) is 114 cm³/mol. The van der Waals surface area contributed by atoms with Gasteiger partial charge < -0.3 is 4.42 Å². The Morgan fingerprint density at radius 3 is 2.53 bits per heavy atom. The molecular weight excluding hydrogens is 427 g/mol. The molecule has 0 aliphatic carbocycles. The number of carbonyl (C=O) groups excluding carboxylic acids is 3. The van der Waals surface area contributed by atoms with E-state index in [2.05, 4.69) is 5.32 Å². The first-order valence-corrected chi connectivity index (χ1v) is 9.63. The summed E-state index contributed by atoms with van der Waals surface area (Å²) in [5.41, 5.74) is 1.35. The Hall–Kier alpha value is -3.35. The Morgan fingerprint density at radius 2 is 1.77 bits per heavy atom. The molecule has 1 saturated heterocycles. The molecule has 0 unspecified atom stereocenters. The second kappa shape index (κ2) is 7.82. The van der Waals surface area contributed by atoms with Crippen molar-refractivity contribution in [1.82, 2.24) is 5.32 Å². The number of hydrogen-bond acceptors (Lipinski definition) is 4. The molecule has 1 aliphatic rings. The molecule has 2 heterocycles. The van der Waals surface area contributed by atoms with Gasteiger partial charge in [-0.05, 0) is 55.0 Å². The molecule has 0 saturated carbocycles. The third-order valence-corrected chi connectivity index (χ3v) is 5.25. The largest absolute Gasteiger partial charge is 0.457 e. The average molecular weight is 441 g/mol. The standard InChI is InChI=1S/C22H14Cl2N2O4/c1-12-17(24)6-3-7-18(12)26-21(28)16(20(27)25-22(26)29)11-15-8-9-19(30-15)13-4-2-5-14(23)10-13/h2-11H,1H3,(H,25,27,29)/b16-11+. The van der Waals surface area contributed by atoms with E-state index in [9.17, 15) is 14.4 Å². The highest BCUT2D eigenvalue weighted by Gasteiger charge is 2.37. The number of imide groups is 2. The molecule has 4 rings (SSSR count). The first kappa shape index (κ1) is 19.9. The highest BCUT2D eigenvalue weighted by Crippen LogP contribution is 2.30. The molecule has 4 amide bonds. The number of anilines is 1. The normalized spacial score (nSPS) is 15.6. The van der Waals surface area contributed by atoms with Crippen LogP contribution in [0.4, 0.5) is 10.5 Å². The summed E-state index contributed by atoms with van der Waals surface area (Å²) >= 11 is 12.1. The summed E-state index contributed by atoms with van der Waals surface area (Å²) in [6.45, 7) is 1.68. The predicted octanol–water partition coefficient (Wildman–Crippen LogP) is 5.23. The molecule has 1 aliphatic heterocycles. The van der Waals surface area contributed by atoms with Gasteiger partial charge in [0.2, 0.25) is 0 Å². The zero-order valence-electron chi connectivity index (χ0n) is 15.6. The maximum absolute atomic E-state index is 13.0. The number of benzene rings is 2. The van der Waals surface area contributed by atoms with Crippen LogP contribution in [-0.4, -0.2) is 17.8 Å². The van der Waals surface area contributed by atoms with Gasteiger partial charge in [-0.3, -0.25) is 14.9 Å². The molecular formula is C22H14Cl2N2O4. The van der Waals surface area contributed by atoms with Crippen molar-refractivity contribution in [2.24, 2.45) is 0 Å². The molecule has 150 valence electrons. The molecule has 0 atom stereocenters. The number of halogens is 2. The van der Waals surface area contributed by atoms with E-state index in [4.69, 9.17) is 27.6 Å². The molecule has 3 aromatic rings. The first-order valence-electron chi connectivity index (χ1n) is 8.87. The van der Waals surface area contributed by atoms with Crippen LogP contribution in [0.2, 0.25) is 10.0 Å². The van der Waals surface area contributed by atoms with Gasteiger partial charge >= 0.3 is 6.03 Å². The third-order valence-electron chi connectivity index (χ3n) is 4.60. The summed E-state index contributed by atoms with van der Waals surface area (Å²) in [6.07, 6.45) is 1.30. The Balaban J connectivity index is 1.71. The van der Waals surface area contributed by atoms with Crippen LogP contribution in [0.25, 0.3) is 17.4 Å². The number of amides is 4. The van der Waals surface area contributed by atoms with Crippen molar-refractivity contribution in [2.75, 3.05) is 4.90 Å². The van der Waals surface area contributed by atoms with Gasteiger partial charge in [0.15, 0.2) is 0 Å². The minimum atomic E-state index is -0.841. The quantitative estimate of drug-likeness (QED) is 0.446. The molecule has 0 radical (unpaired) electrons. The molecule has 1 fully saturated rings. The topological polar surface area (TPSA) is 79.6 Å². The zero-order chi connectivity index (χ0) is 21.4. The monoisotopic (exact) mass is 440 g/mol. The van der Waals surface area contributed by atoms with Crippen LogP contribution in [0.5, 0.6) is 0 Å². The Labute approximate surface area is 181 Å². The molecule has 2 aromatic carbocycles. The highest BCUT2D eigenvalue weighted by molar-refractivity contribution is 6.39. The van der Waals surface area contributed by atoms with Crippen LogP contribution >= 0.6 is 23.2 Å². The number of barbiturate groups is 1. The van der Waals surface area contributed by atoms with Crippen molar-refractivity contribution in [3.05, 3.63) is 81.5 Å². The van der Waals surface area contributed by atoms with Crippen LogP contribution in [0.15, 0.2) is 64.6 Å². The van der Waals surface area contributed by atoms with Crippen LogP contribution in [0, 0.1) is 6.92 Å². The van der Waals surface area contributed by atoms with E-state index in [0.29, 0.717) is 27.1 Å². The molecule has 6 nitrogen and oxygen atoms in total. The Morgan fingerprint density at radius 1 is 1.00 bits per heavy atom. The van der Waals surface area contributed by atoms with Gasteiger partial charge in [0.1, 0.15) is 17.1 Å². The lowest BCUT2D eigenvalue weighted by atomic mass is 10.1.